The zero-order valence-electron chi connectivity index (χ0n) is 40.2. The van der Waals surface area contributed by atoms with Gasteiger partial charge < -0.3 is 14.2 Å². The fourth-order valence-electron chi connectivity index (χ4n) is 7.22. The molecule has 0 aliphatic heterocycles. The molecule has 0 aliphatic carbocycles. The molecular weight excluding hydrogens is 757 g/mol. The Labute approximate surface area is 377 Å². The summed E-state index contributed by atoms with van der Waals surface area (Å²) in [6, 6.07) is 0. The maximum absolute atomic E-state index is 12.7. The van der Waals surface area contributed by atoms with E-state index in [-0.39, 0.29) is 31.6 Å². The van der Waals surface area contributed by atoms with Crippen LogP contribution in [0.15, 0.2) is 60.8 Å². The van der Waals surface area contributed by atoms with Gasteiger partial charge in [0.05, 0.1) is 6.42 Å². The summed E-state index contributed by atoms with van der Waals surface area (Å²) in [5.74, 6) is -1.05. The van der Waals surface area contributed by atoms with Crippen LogP contribution in [-0.2, 0) is 28.6 Å². The highest BCUT2D eigenvalue weighted by molar-refractivity contribution is 5.72. The van der Waals surface area contributed by atoms with Crippen molar-refractivity contribution in [3.05, 3.63) is 60.8 Å². The lowest BCUT2D eigenvalue weighted by atomic mass is 10.0. The molecule has 0 bridgehead atoms. The van der Waals surface area contributed by atoms with Gasteiger partial charge in [0.25, 0.3) is 0 Å². The molecule has 6 heteroatoms. The maximum Gasteiger partial charge on any atom is 0.310 e. The topological polar surface area (TPSA) is 78.9 Å². The van der Waals surface area contributed by atoms with Crippen LogP contribution in [0.5, 0.6) is 0 Å². The van der Waals surface area contributed by atoms with Gasteiger partial charge in [0, 0.05) is 12.8 Å². The van der Waals surface area contributed by atoms with Crippen LogP contribution in [0.1, 0.15) is 252 Å². The van der Waals surface area contributed by atoms with Crippen molar-refractivity contribution >= 4 is 17.9 Å². The van der Waals surface area contributed by atoms with Crippen molar-refractivity contribution in [3.8, 4) is 0 Å². The Kier molecular flexibility index (Phi) is 47.4. The molecule has 0 spiro atoms. The van der Waals surface area contributed by atoms with Crippen molar-refractivity contribution in [1.29, 1.82) is 0 Å². The molecule has 352 valence electrons. The summed E-state index contributed by atoms with van der Waals surface area (Å²) in [5.41, 5.74) is 0. The zero-order valence-corrected chi connectivity index (χ0v) is 40.2. The largest absolute Gasteiger partial charge is 0.462 e. The lowest BCUT2D eigenvalue weighted by Crippen LogP contribution is -2.30. The Balaban J connectivity index is 4.22. The van der Waals surface area contributed by atoms with Crippen LogP contribution in [0.25, 0.3) is 0 Å². The molecule has 0 aromatic heterocycles. The minimum Gasteiger partial charge on any atom is -0.462 e. The first-order valence-electron chi connectivity index (χ1n) is 25.8. The highest BCUT2D eigenvalue weighted by Gasteiger charge is 2.19. The van der Waals surface area contributed by atoms with Gasteiger partial charge in [0.15, 0.2) is 6.10 Å². The van der Waals surface area contributed by atoms with Crippen LogP contribution in [0.2, 0.25) is 0 Å². The molecule has 0 saturated carbocycles. The number of ether oxygens (including phenoxy) is 3. The molecule has 0 heterocycles. The van der Waals surface area contributed by atoms with Gasteiger partial charge in [0.2, 0.25) is 0 Å². The quantitative estimate of drug-likeness (QED) is 0.0263. The van der Waals surface area contributed by atoms with Crippen LogP contribution in [0, 0.1) is 0 Å². The smallest absolute Gasteiger partial charge is 0.310 e. The summed E-state index contributed by atoms with van der Waals surface area (Å²) in [6.07, 6.45) is 61.3. The summed E-state index contributed by atoms with van der Waals surface area (Å²) < 4.78 is 16.6. The van der Waals surface area contributed by atoms with E-state index in [2.05, 4.69) is 69.4 Å². The van der Waals surface area contributed by atoms with Crippen molar-refractivity contribution < 1.29 is 28.6 Å². The number of unbranched alkanes of at least 4 members (excludes halogenated alkanes) is 26. The molecule has 0 N–H and O–H groups in total. The Hall–Kier alpha value is -2.89. The van der Waals surface area contributed by atoms with E-state index in [0.29, 0.717) is 12.8 Å². The van der Waals surface area contributed by atoms with E-state index >= 15 is 0 Å². The highest BCUT2D eigenvalue weighted by atomic mass is 16.6. The number of allylic oxidation sites excluding steroid dienone is 9. The third-order valence-corrected chi connectivity index (χ3v) is 11.1. The summed E-state index contributed by atoms with van der Waals surface area (Å²) in [5, 5.41) is 0. The number of esters is 3. The molecule has 0 rings (SSSR count). The van der Waals surface area contributed by atoms with E-state index in [1.165, 1.54) is 141 Å². The Morgan fingerprint density at radius 1 is 0.344 bits per heavy atom. The molecule has 0 aromatic rings. The van der Waals surface area contributed by atoms with Crippen LogP contribution in [0.4, 0.5) is 0 Å². The van der Waals surface area contributed by atoms with Gasteiger partial charge in [-0.3, -0.25) is 14.4 Å². The van der Waals surface area contributed by atoms with Crippen molar-refractivity contribution in [3.63, 3.8) is 0 Å². The van der Waals surface area contributed by atoms with E-state index < -0.39 is 12.1 Å². The minimum atomic E-state index is -0.822. The second kappa shape index (κ2) is 49.8. The second-order valence-electron chi connectivity index (χ2n) is 17.1. The minimum absolute atomic E-state index is 0.100. The second-order valence-corrected chi connectivity index (χ2v) is 17.1. The van der Waals surface area contributed by atoms with Gasteiger partial charge in [-0.2, -0.15) is 0 Å². The number of hydrogen-bond acceptors (Lipinski definition) is 6. The summed E-state index contributed by atoms with van der Waals surface area (Å²) in [7, 11) is 0. The summed E-state index contributed by atoms with van der Waals surface area (Å²) >= 11 is 0. The van der Waals surface area contributed by atoms with E-state index in [0.717, 1.165) is 70.6 Å². The average Bonchev–Trinajstić information content (AvgIpc) is 3.26. The van der Waals surface area contributed by atoms with Crippen molar-refractivity contribution in [2.45, 2.75) is 258 Å². The molecule has 0 amide bonds. The number of carbonyl (C=O) groups excluding carboxylic acids is 3. The van der Waals surface area contributed by atoms with Crippen molar-refractivity contribution in [2.75, 3.05) is 13.2 Å². The average molecular weight is 853 g/mol. The van der Waals surface area contributed by atoms with Gasteiger partial charge in [0.1, 0.15) is 13.2 Å². The van der Waals surface area contributed by atoms with E-state index in [9.17, 15) is 14.4 Å². The Morgan fingerprint density at radius 2 is 0.623 bits per heavy atom. The first kappa shape index (κ1) is 58.1. The van der Waals surface area contributed by atoms with E-state index in [1.807, 2.05) is 6.08 Å². The van der Waals surface area contributed by atoms with Gasteiger partial charge in [-0.15, -0.1) is 0 Å². The third kappa shape index (κ3) is 48.0. The zero-order chi connectivity index (χ0) is 44.4. The Bertz CT molecular complexity index is 1120. The number of carbonyl (C=O) groups is 3. The first-order valence-corrected chi connectivity index (χ1v) is 25.8. The Morgan fingerprint density at radius 3 is 0.934 bits per heavy atom. The van der Waals surface area contributed by atoms with Gasteiger partial charge >= 0.3 is 17.9 Å². The van der Waals surface area contributed by atoms with Crippen molar-refractivity contribution in [1.82, 2.24) is 0 Å². The SMILES string of the molecule is CC/C=C\C/C=C\C/C=C\C/C=C\C/C=C\CC(=O)OC(COC(=O)CCCCCCCC)COC(=O)CCCCCCCCCCCCCCCCCCCCCCCC. The van der Waals surface area contributed by atoms with Gasteiger partial charge in [-0.05, 0) is 44.9 Å². The molecule has 6 nitrogen and oxygen atoms in total. The molecule has 1 unspecified atom stereocenters. The summed E-state index contributed by atoms with van der Waals surface area (Å²) in [4.78, 5) is 37.6. The first-order chi connectivity index (χ1) is 30.0. The molecule has 0 fully saturated rings. The predicted molar refractivity (Wildman–Crippen MR) is 261 cm³/mol. The lowest BCUT2D eigenvalue weighted by molar-refractivity contribution is -0.166. The predicted octanol–water partition coefficient (Wildman–Crippen LogP) is 16.9. The number of hydrogen-bond donors (Lipinski definition) is 0. The molecular formula is C55H96O6. The van der Waals surface area contributed by atoms with Crippen LogP contribution >= 0.6 is 0 Å². The molecule has 0 aromatic carbocycles. The molecule has 0 saturated heterocycles. The number of rotatable bonds is 46. The van der Waals surface area contributed by atoms with Crippen LogP contribution < -0.4 is 0 Å². The summed E-state index contributed by atoms with van der Waals surface area (Å²) in [6.45, 7) is 6.39. The standard InChI is InChI=1S/C55H96O6/c1-4-7-10-13-16-18-20-22-24-25-26-27-28-29-30-32-33-35-37-39-42-45-48-54(57)60-51-52(50-59-53(56)47-44-41-15-12-9-6-3)61-55(58)49-46-43-40-38-36-34-31-23-21-19-17-14-11-8-5-2/h8,11,17,19,23,31,36,38,43,46,52H,4-7,9-10,12-16,18,20-22,24-30,32-35,37,39-42,44-45,47-51H2,1-3H3/b11-8-,19-17-,31-23-,38-36-,46-43-. The van der Waals surface area contributed by atoms with Crippen LogP contribution in [0.3, 0.4) is 0 Å². The van der Waals surface area contributed by atoms with Gasteiger partial charge in [-0.1, -0.05) is 248 Å². The fraction of sp³-hybridized carbons (Fsp3) is 0.764. The molecule has 0 radical (unpaired) electrons. The highest BCUT2D eigenvalue weighted by Crippen LogP contribution is 2.16. The van der Waals surface area contributed by atoms with Gasteiger partial charge in [-0.25, -0.2) is 0 Å². The molecule has 61 heavy (non-hydrogen) atoms. The van der Waals surface area contributed by atoms with Crippen molar-refractivity contribution in [2.24, 2.45) is 0 Å². The molecule has 0 aliphatic rings. The molecule has 1 atom stereocenters. The third-order valence-electron chi connectivity index (χ3n) is 11.1. The lowest BCUT2D eigenvalue weighted by Gasteiger charge is -2.18. The van der Waals surface area contributed by atoms with E-state index in [4.69, 9.17) is 14.2 Å². The fourth-order valence-corrected chi connectivity index (χ4v) is 7.22. The maximum atomic E-state index is 12.7. The van der Waals surface area contributed by atoms with E-state index in [1.54, 1.807) is 6.08 Å². The monoisotopic (exact) mass is 853 g/mol. The van der Waals surface area contributed by atoms with Crippen LogP contribution in [-0.4, -0.2) is 37.2 Å². The normalized spacial score (nSPS) is 12.5.